The van der Waals surface area contributed by atoms with Gasteiger partial charge in [0.1, 0.15) is 5.69 Å². The number of H-pyrrole nitrogens is 1. The molecular formula is C23H26N6O3. The van der Waals surface area contributed by atoms with Gasteiger partial charge >= 0.3 is 6.03 Å². The van der Waals surface area contributed by atoms with E-state index in [9.17, 15) is 9.59 Å². The molecule has 0 aliphatic carbocycles. The van der Waals surface area contributed by atoms with Crippen molar-refractivity contribution in [2.24, 2.45) is 0 Å². The predicted octanol–water partition coefficient (Wildman–Crippen LogP) is 2.82. The molecule has 0 spiro atoms. The lowest BCUT2D eigenvalue weighted by Crippen LogP contribution is -2.35. The molecule has 3 aromatic rings. The molecule has 0 unspecified atom stereocenters. The molecule has 166 valence electrons. The number of carbonyl (C=O) groups excluding carboxylic acids is 2. The largest absolute Gasteiger partial charge is 0.379 e. The van der Waals surface area contributed by atoms with E-state index in [1.54, 1.807) is 0 Å². The number of nitrogens with zero attached hydrogens (tertiary/aromatic N) is 2. The second-order valence-corrected chi connectivity index (χ2v) is 7.49. The van der Waals surface area contributed by atoms with Gasteiger partial charge in [0.05, 0.1) is 25.1 Å². The molecule has 4 N–H and O–H groups in total. The highest BCUT2D eigenvalue weighted by Gasteiger charge is 2.16. The minimum absolute atomic E-state index is 0.178. The van der Waals surface area contributed by atoms with Crippen LogP contribution in [0.3, 0.4) is 0 Å². The average Bonchev–Trinajstić information content (AvgIpc) is 3.28. The van der Waals surface area contributed by atoms with Crippen LogP contribution in [0.1, 0.15) is 21.6 Å². The average molecular weight is 435 g/mol. The number of rotatable bonds is 7. The summed E-state index contributed by atoms with van der Waals surface area (Å²) in [7, 11) is 0. The first-order valence-electron chi connectivity index (χ1n) is 10.5. The van der Waals surface area contributed by atoms with Crippen LogP contribution < -0.4 is 16.0 Å². The maximum absolute atomic E-state index is 12.7. The molecule has 1 aromatic heterocycles. The van der Waals surface area contributed by atoms with Crippen LogP contribution in [0.15, 0.2) is 60.8 Å². The number of ether oxygens (including phenoxy) is 1. The number of carbonyl (C=O) groups is 2. The lowest BCUT2D eigenvalue weighted by Gasteiger charge is -2.26. The van der Waals surface area contributed by atoms with E-state index >= 15 is 0 Å². The van der Waals surface area contributed by atoms with E-state index in [4.69, 9.17) is 4.74 Å². The van der Waals surface area contributed by atoms with Crippen molar-refractivity contribution in [3.8, 4) is 0 Å². The highest BCUT2D eigenvalue weighted by atomic mass is 16.5. The second-order valence-electron chi connectivity index (χ2n) is 7.49. The first kappa shape index (κ1) is 21.5. The van der Waals surface area contributed by atoms with Crippen LogP contribution in [0.4, 0.5) is 16.2 Å². The molecule has 1 aliphatic heterocycles. The lowest BCUT2D eigenvalue weighted by atomic mass is 10.2. The molecule has 4 rings (SSSR count). The number of aromatic amines is 1. The van der Waals surface area contributed by atoms with Crippen LogP contribution in [-0.4, -0.2) is 53.3 Å². The Labute approximate surface area is 186 Å². The zero-order valence-electron chi connectivity index (χ0n) is 17.6. The maximum Gasteiger partial charge on any atom is 0.319 e. The van der Waals surface area contributed by atoms with E-state index in [0.717, 1.165) is 38.4 Å². The molecule has 9 heteroatoms. The van der Waals surface area contributed by atoms with Crippen LogP contribution in [0, 0.1) is 0 Å². The van der Waals surface area contributed by atoms with Crippen molar-refractivity contribution in [1.82, 2.24) is 20.4 Å². The third-order valence-corrected chi connectivity index (χ3v) is 5.13. The Morgan fingerprint density at radius 3 is 2.47 bits per heavy atom. The number of hydrogen-bond acceptors (Lipinski definition) is 5. The summed E-state index contributed by atoms with van der Waals surface area (Å²) in [5.41, 5.74) is 3.29. The molecule has 9 nitrogen and oxygen atoms in total. The fraction of sp³-hybridized carbons (Fsp3) is 0.261. The van der Waals surface area contributed by atoms with Crippen LogP contribution in [0.5, 0.6) is 0 Å². The molecule has 0 radical (unpaired) electrons. The number of morpholine rings is 1. The van der Waals surface area contributed by atoms with E-state index < -0.39 is 6.03 Å². The van der Waals surface area contributed by atoms with Gasteiger partial charge in [-0.25, -0.2) is 4.79 Å². The Morgan fingerprint density at radius 1 is 0.969 bits per heavy atom. The number of amides is 3. The summed E-state index contributed by atoms with van der Waals surface area (Å²) in [6.45, 7) is 4.60. The molecule has 1 saturated heterocycles. The van der Waals surface area contributed by atoms with E-state index in [0.29, 0.717) is 17.9 Å². The first-order valence-corrected chi connectivity index (χ1v) is 10.5. The van der Waals surface area contributed by atoms with Gasteiger partial charge in [0.25, 0.3) is 5.91 Å². The number of nitrogens with one attached hydrogen (secondary N) is 4. The zero-order valence-corrected chi connectivity index (χ0v) is 17.6. The van der Waals surface area contributed by atoms with Gasteiger partial charge in [0.15, 0.2) is 0 Å². The third kappa shape index (κ3) is 5.93. The zero-order chi connectivity index (χ0) is 22.2. The normalized spacial score (nSPS) is 14.0. The summed E-state index contributed by atoms with van der Waals surface area (Å²) >= 11 is 0. The minimum atomic E-state index is -0.420. The molecule has 1 aliphatic rings. The van der Waals surface area contributed by atoms with E-state index in [-0.39, 0.29) is 11.6 Å². The standard InChI is InChI=1S/C23H26N6O3/c30-22(26-19-8-6-18(7-9-19)16-29-10-12-32-13-11-29)21-20(15-25-28-21)27-23(31)24-14-17-4-2-1-3-5-17/h1-9,15H,10-14,16H2,(H,25,28)(H,26,30)(H2,24,27,31). The summed E-state index contributed by atoms with van der Waals surface area (Å²) < 4.78 is 5.38. The Bertz CT molecular complexity index is 1030. The Hall–Kier alpha value is -3.69. The van der Waals surface area contributed by atoms with Crippen molar-refractivity contribution in [3.63, 3.8) is 0 Å². The smallest absolute Gasteiger partial charge is 0.319 e. The molecule has 1 fully saturated rings. The molecular weight excluding hydrogens is 408 g/mol. The van der Waals surface area contributed by atoms with Crippen LogP contribution in [-0.2, 0) is 17.8 Å². The van der Waals surface area contributed by atoms with Gasteiger partial charge in [0, 0.05) is 31.9 Å². The lowest BCUT2D eigenvalue weighted by molar-refractivity contribution is 0.0342. The maximum atomic E-state index is 12.7. The summed E-state index contributed by atoms with van der Waals surface area (Å²) in [5.74, 6) is -0.387. The summed E-state index contributed by atoms with van der Waals surface area (Å²) in [6.07, 6.45) is 1.41. The van der Waals surface area contributed by atoms with Crippen molar-refractivity contribution in [1.29, 1.82) is 0 Å². The van der Waals surface area contributed by atoms with Crippen molar-refractivity contribution >= 4 is 23.3 Å². The van der Waals surface area contributed by atoms with Crippen molar-refractivity contribution in [2.75, 3.05) is 36.9 Å². The fourth-order valence-electron chi connectivity index (χ4n) is 3.40. The number of urea groups is 1. The van der Waals surface area contributed by atoms with Crippen molar-refractivity contribution < 1.29 is 14.3 Å². The fourth-order valence-corrected chi connectivity index (χ4v) is 3.40. The number of hydrogen-bond donors (Lipinski definition) is 4. The summed E-state index contributed by atoms with van der Waals surface area (Å²) in [6, 6.07) is 16.9. The molecule has 2 aromatic carbocycles. The Kier molecular flexibility index (Phi) is 7.11. The highest BCUT2D eigenvalue weighted by Crippen LogP contribution is 2.16. The number of aromatic nitrogens is 2. The van der Waals surface area contributed by atoms with Gasteiger partial charge in [-0.2, -0.15) is 5.10 Å². The topological polar surface area (TPSA) is 111 Å². The molecule has 0 saturated carbocycles. The summed E-state index contributed by atoms with van der Waals surface area (Å²) in [5, 5.41) is 14.8. The third-order valence-electron chi connectivity index (χ3n) is 5.13. The quantitative estimate of drug-likeness (QED) is 0.457. The SMILES string of the molecule is O=C(NCc1ccccc1)Nc1cn[nH]c1C(=O)Nc1ccc(CN2CCOCC2)cc1. The van der Waals surface area contributed by atoms with Crippen LogP contribution in [0.25, 0.3) is 0 Å². The van der Waals surface area contributed by atoms with Gasteiger partial charge < -0.3 is 20.7 Å². The Morgan fingerprint density at radius 2 is 1.72 bits per heavy atom. The van der Waals surface area contributed by atoms with Gasteiger partial charge in [0.2, 0.25) is 0 Å². The predicted molar refractivity (Wildman–Crippen MR) is 121 cm³/mol. The van der Waals surface area contributed by atoms with E-state index in [1.807, 2.05) is 54.6 Å². The molecule has 3 amide bonds. The highest BCUT2D eigenvalue weighted by molar-refractivity contribution is 6.08. The second kappa shape index (κ2) is 10.6. The van der Waals surface area contributed by atoms with E-state index in [1.165, 1.54) is 11.8 Å². The van der Waals surface area contributed by atoms with Crippen molar-refractivity contribution in [3.05, 3.63) is 77.6 Å². The summed E-state index contributed by atoms with van der Waals surface area (Å²) in [4.78, 5) is 27.2. The molecule has 2 heterocycles. The van der Waals surface area contributed by atoms with E-state index in [2.05, 4.69) is 31.0 Å². The monoisotopic (exact) mass is 434 g/mol. The van der Waals surface area contributed by atoms with Gasteiger partial charge in [-0.3, -0.25) is 14.8 Å². The molecule has 32 heavy (non-hydrogen) atoms. The van der Waals surface area contributed by atoms with Gasteiger partial charge in [-0.05, 0) is 23.3 Å². The number of anilines is 2. The minimum Gasteiger partial charge on any atom is -0.379 e. The van der Waals surface area contributed by atoms with Crippen LogP contribution in [0.2, 0.25) is 0 Å². The van der Waals surface area contributed by atoms with Crippen molar-refractivity contribution in [2.45, 2.75) is 13.1 Å². The van der Waals surface area contributed by atoms with Gasteiger partial charge in [-0.15, -0.1) is 0 Å². The first-order chi connectivity index (χ1) is 15.7. The van der Waals surface area contributed by atoms with Crippen LogP contribution >= 0.6 is 0 Å². The molecule has 0 bridgehead atoms. The number of benzene rings is 2. The molecule has 0 atom stereocenters. The Balaban J connectivity index is 1.30. The van der Waals surface area contributed by atoms with Gasteiger partial charge in [-0.1, -0.05) is 42.5 Å².